The lowest BCUT2D eigenvalue weighted by Crippen LogP contribution is -2.25. The first-order valence-corrected chi connectivity index (χ1v) is 2.47. The van der Waals surface area contributed by atoms with E-state index in [1.807, 2.05) is 0 Å². The lowest BCUT2D eigenvalue weighted by atomic mass is 10.5. The molecular weight excluding hydrogens is 226 g/mol. The van der Waals surface area contributed by atoms with Gasteiger partial charge in [-0.05, 0) is 6.08 Å². The van der Waals surface area contributed by atoms with Gasteiger partial charge in [-0.3, -0.25) is 9.89 Å². The minimum absolute atomic E-state index is 0. The van der Waals surface area contributed by atoms with Crippen molar-refractivity contribution < 1.29 is 9.90 Å². The van der Waals surface area contributed by atoms with Gasteiger partial charge in [-0.15, -0.1) is 37.2 Å². The number of nitrogens with zero attached hydrogens (tertiary/aromatic N) is 2. The fourth-order valence-corrected chi connectivity index (χ4v) is 0.510. The summed E-state index contributed by atoms with van der Waals surface area (Å²) in [5.41, 5.74) is 0. The normalized spacial score (nSPS) is 12.2. The molecule has 1 rings (SSSR count). The summed E-state index contributed by atoms with van der Waals surface area (Å²) in [5, 5.41) is 8.34. The van der Waals surface area contributed by atoms with Crippen LogP contribution >= 0.6 is 37.2 Å². The van der Waals surface area contributed by atoms with E-state index in [4.69, 9.17) is 5.11 Å². The summed E-state index contributed by atoms with van der Waals surface area (Å²) in [6, 6.07) is 0. The first kappa shape index (κ1) is 17.6. The third-order valence-electron chi connectivity index (χ3n) is 0.937. The van der Waals surface area contributed by atoms with E-state index in [1.165, 1.54) is 6.20 Å². The molecular formula is C5H9Cl3N2O2. The van der Waals surface area contributed by atoms with Crippen LogP contribution in [0, 0.1) is 0 Å². The van der Waals surface area contributed by atoms with Crippen molar-refractivity contribution in [3.05, 3.63) is 12.3 Å². The lowest BCUT2D eigenvalue weighted by molar-refractivity contribution is 0.164. The first-order chi connectivity index (χ1) is 4.30. The molecule has 1 N–H and O–H groups in total. The molecule has 0 aromatic carbocycles. The van der Waals surface area contributed by atoms with E-state index >= 15 is 0 Å². The van der Waals surface area contributed by atoms with Crippen LogP contribution in [0.25, 0.3) is 0 Å². The molecule has 7 heteroatoms. The number of amides is 1. The van der Waals surface area contributed by atoms with Gasteiger partial charge in [-0.2, -0.15) is 0 Å². The number of hydrogen-bond donors (Lipinski definition) is 1. The molecule has 0 saturated carbocycles. The molecule has 1 heterocycles. The Balaban J connectivity index is -0.000000270. The second-order valence-electron chi connectivity index (χ2n) is 1.57. The van der Waals surface area contributed by atoms with Crippen molar-refractivity contribution in [1.82, 2.24) is 4.90 Å². The Morgan fingerprint density at radius 1 is 1.42 bits per heavy atom. The van der Waals surface area contributed by atoms with E-state index in [1.54, 1.807) is 12.3 Å². The van der Waals surface area contributed by atoms with Crippen LogP contribution in [0.1, 0.15) is 0 Å². The molecule has 0 radical (unpaired) electrons. The maximum Gasteiger partial charge on any atom is 0.412 e. The minimum atomic E-state index is -0.969. The fourth-order valence-electron chi connectivity index (χ4n) is 0.510. The van der Waals surface area contributed by atoms with Crippen LogP contribution < -0.4 is 0 Å². The van der Waals surface area contributed by atoms with Gasteiger partial charge in [-0.25, -0.2) is 4.79 Å². The molecule has 72 valence electrons. The predicted molar refractivity (Wildman–Crippen MR) is 54.1 cm³/mol. The van der Waals surface area contributed by atoms with Crippen LogP contribution in [-0.2, 0) is 0 Å². The van der Waals surface area contributed by atoms with Crippen LogP contribution in [0.5, 0.6) is 0 Å². The minimum Gasteiger partial charge on any atom is -0.465 e. The van der Waals surface area contributed by atoms with E-state index in [2.05, 4.69) is 4.99 Å². The Morgan fingerprint density at radius 3 is 2.25 bits per heavy atom. The Bertz CT molecular complexity index is 184. The van der Waals surface area contributed by atoms with Crippen LogP contribution in [-0.4, -0.2) is 29.0 Å². The molecule has 0 unspecified atom stereocenters. The molecule has 1 aliphatic heterocycles. The Morgan fingerprint density at radius 2 is 2.00 bits per heavy atom. The molecule has 0 bridgehead atoms. The molecule has 4 nitrogen and oxygen atoms in total. The van der Waals surface area contributed by atoms with E-state index in [0.717, 1.165) is 4.90 Å². The molecule has 0 spiro atoms. The van der Waals surface area contributed by atoms with Crippen molar-refractivity contribution in [2.24, 2.45) is 4.99 Å². The van der Waals surface area contributed by atoms with E-state index in [-0.39, 0.29) is 43.9 Å². The smallest absolute Gasteiger partial charge is 0.412 e. The molecule has 1 amide bonds. The summed E-state index contributed by atoms with van der Waals surface area (Å²) in [6.07, 6.45) is 3.65. The average molecular weight is 235 g/mol. The Labute approximate surface area is 88.6 Å². The van der Waals surface area contributed by atoms with Gasteiger partial charge in [0, 0.05) is 12.4 Å². The van der Waals surface area contributed by atoms with Crippen LogP contribution in [0.4, 0.5) is 4.79 Å². The SMILES string of the molecule is Cl.Cl.Cl.O=C(O)N1C=CC=NC1. The van der Waals surface area contributed by atoms with Crippen LogP contribution in [0.3, 0.4) is 0 Å². The van der Waals surface area contributed by atoms with Gasteiger partial charge in [0.15, 0.2) is 0 Å². The number of rotatable bonds is 0. The lowest BCUT2D eigenvalue weighted by Gasteiger charge is -2.12. The zero-order chi connectivity index (χ0) is 6.69. The van der Waals surface area contributed by atoms with Crippen molar-refractivity contribution >= 4 is 49.5 Å². The summed E-state index contributed by atoms with van der Waals surface area (Å²) < 4.78 is 0. The zero-order valence-electron chi connectivity index (χ0n) is 5.91. The van der Waals surface area contributed by atoms with Crippen LogP contribution in [0.2, 0.25) is 0 Å². The second kappa shape index (κ2) is 8.64. The Kier molecular flexibility index (Phi) is 12.7. The highest BCUT2D eigenvalue weighted by Crippen LogP contribution is 1.94. The second-order valence-corrected chi connectivity index (χ2v) is 1.57. The van der Waals surface area contributed by atoms with Crippen molar-refractivity contribution in [3.63, 3.8) is 0 Å². The van der Waals surface area contributed by atoms with Crippen molar-refractivity contribution in [1.29, 1.82) is 0 Å². The average Bonchev–Trinajstić information content (AvgIpc) is 1.90. The molecule has 0 aliphatic carbocycles. The predicted octanol–water partition coefficient (Wildman–Crippen LogP) is 1.79. The maximum absolute atomic E-state index is 10.2. The van der Waals surface area contributed by atoms with Gasteiger partial charge in [0.05, 0.1) is 0 Å². The highest BCUT2D eigenvalue weighted by atomic mass is 35.5. The number of halogens is 3. The number of carbonyl (C=O) groups is 1. The van der Waals surface area contributed by atoms with Gasteiger partial charge in [-0.1, -0.05) is 0 Å². The van der Waals surface area contributed by atoms with Crippen molar-refractivity contribution in [2.75, 3.05) is 6.67 Å². The van der Waals surface area contributed by atoms with Gasteiger partial charge in [0.2, 0.25) is 0 Å². The van der Waals surface area contributed by atoms with Gasteiger partial charge in [0.25, 0.3) is 0 Å². The van der Waals surface area contributed by atoms with Crippen molar-refractivity contribution in [2.45, 2.75) is 0 Å². The van der Waals surface area contributed by atoms with Gasteiger partial charge < -0.3 is 5.11 Å². The van der Waals surface area contributed by atoms with Crippen molar-refractivity contribution in [3.8, 4) is 0 Å². The number of hydrogen-bond acceptors (Lipinski definition) is 2. The molecule has 0 fully saturated rings. The molecule has 12 heavy (non-hydrogen) atoms. The topological polar surface area (TPSA) is 52.9 Å². The highest BCUT2D eigenvalue weighted by Gasteiger charge is 2.06. The summed E-state index contributed by atoms with van der Waals surface area (Å²) >= 11 is 0. The third-order valence-corrected chi connectivity index (χ3v) is 0.937. The van der Waals surface area contributed by atoms with E-state index < -0.39 is 6.09 Å². The van der Waals surface area contributed by atoms with Gasteiger partial charge in [0.1, 0.15) is 6.67 Å². The Hall–Kier alpha value is -0.450. The molecule has 0 saturated heterocycles. The highest BCUT2D eigenvalue weighted by molar-refractivity contribution is 5.86. The largest absolute Gasteiger partial charge is 0.465 e. The third kappa shape index (κ3) is 5.23. The molecule has 0 aromatic heterocycles. The summed E-state index contributed by atoms with van der Waals surface area (Å²) in [5.74, 6) is 0. The number of carboxylic acid groups (broad SMARTS) is 1. The molecule has 0 atom stereocenters. The van der Waals surface area contributed by atoms with Crippen LogP contribution in [0.15, 0.2) is 17.3 Å². The van der Waals surface area contributed by atoms with Gasteiger partial charge >= 0.3 is 6.09 Å². The summed E-state index contributed by atoms with van der Waals surface area (Å²) in [6.45, 7) is 0.214. The maximum atomic E-state index is 10.2. The standard InChI is InChI=1S/C5H6N2O2.3ClH/c8-5(9)7-3-1-2-6-4-7;;;/h1-3H,4H2,(H,8,9);3*1H. The van der Waals surface area contributed by atoms with E-state index in [0.29, 0.717) is 0 Å². The monoisotopic (exact) mass is 234 g/mol. The summed E-state index contributed by atoms with van der Waals surface area (Å²) in [7, 11) is 0. The van der Waals surface area contributed by atoms with E-state index in [9.17, 15) is 4.79 Å². The zero-order valence-corrected chi connectivity index (χ0v) is 8.36. The molecule has 0 aromatic rings. The quantitative estimate of drug-likeness (QED) is 0.696. The number of allylic oxidation sites excluding steroid dienone is 1. The number of aliphatic imine (C=N–C) groups is 1. The first-order valence-electron chi connectivity index (χ1n) is 2.47. The summed E-state index contributed by atoms with van der Waals surface area (Å²) in [4.78, 5) is 15.0. The molecule has 1 aliphatic rings. The fraction of sp³-hybridized carbons (Fsp3) is 0.200.